The molecule has 6 N–H and O–H groups in total. The highest BCUT2D eigenvalue weighted by Gasteiger charge is 2.44. The predicted molar refractivity (Wildman–Crippen MR) is 221 cm³/mol. The maximum Gasteiger partial charge on any atom is 0.361 e. The van der Waals surface area contributed by atoms with E-state index in [0.717, 1.165) is 17.2 Å². The van der Waals surface area contributed by atoms with Crippen LogP contribution in [0.15, 0.2) is 83.7 Å². The molecule has 2 aliphatic heterocycles. The van der Waals surface area contributed by atoms with Gasteiger partial charge in [-0.25, -0.2) is 14.4 Å². The van der Waals surface area contributed by atoms with Crippen molar-refractivity contribution in [3.63, 3.8) is 0 Å². The lowest BCUT2D eigenvalue weighted by Gasteiger charge is -2.27. The van der Waals surface area contributed by atoms with Crippen LogP contribution in [0.1, 0.15) is 62.0 Å². The predicted octanol–water partition coefficient (Wildman–Crippen LogP) is 2.36. The van der Waals surface area contributed by atoms with Gasteiger partial charge in [0.2, 0.25) is 11.8 Å². The SMILES string of the molecule is CN(OCC(=O)On1c(O)ccc1O)C(=O)c1cc2c([n+](CCCS(=O)(=O)O)c1)N=C(C=CC=CC=C1N(CCCS(=O)(=O)O)c3ccc(P(=O)(O)O)cc3C1(C)C)C2(C)C. The molecule has 1 amide bonds. The third kappa shape index (κ3) is 11.0. The molecule has 0 radical (unpaired) electrons. The van der Waals surface area contributed by atoms with Gasteiger partial charge in [-0.3, -0.25) is 23.3 Å². The summed E-state index contributed by atoms with van der Waals surface area (Å²) < 4.78 is 78.9. The molecule has 61 heavy (non-hydrogen) atoms. The van der Waals surface area contributed by atoms with Crippen LogP contribution in [0.25, 0.3) is 0 Å². The molecule has 20 nitrogen and oxygen atoms in total. The molecular weight excluding hydrogens is 862 g/mol. The molecule has 0 saturated heterocycles. The highest BCUT2D eigenvalue weighted by Crippen LogP contribution is 2.49. The Morgan fingerprint density at radius 3 is 2.16 bits per heavy atom. The number of aromatic hydroxyl groups is 2. The maximum absolute atomic E-state index is 13.6. The molecule has 0 fully saturated rings. The quantitative estimate of drug-likeness (QED) is 0.0373. The molecule has 330 valence electrons. The summed E-state index contributed by atoms with van der Waals surface area (Å²) in [6.07, 6.45) is 10.2. The molecule has 2 aromatic heterocycles. The van der Waals surface area contributed by atoms with Crippen molar-refractivity contribution in [2.75, 3.05) is 36.6 Å². The molecule has 0 bridgehead atoms. The second kappa shape index (κ2) is 17.7. The van der Waals surface area contributed by atoms with E-state index < -0.39 is 80.4 Å². The molecule has 5 rings (SSSR count). The Morgan fingerprint density at radius 2 is 1.54 bits per heavy atom. The number of aryl methyl sites for hydroxylation is 1. The fourth-order valence-electron chi connectivity index (χ4n) is 6.93. The van der Waals surface area contributed by atoms with Crippen LogP contribution in [-0.4, -0.2) is 105 Å². The van der Waals surface area contributed by atoms with Crippen LogP contribution in [0.2, 0.25) is 0 Å². The number of anilines is 1. The standard InChI is InChI=1S/C38H46N5O15PS2/c1-37(2)28-21-25(36(47)40(5)57-24-34(46)58-43-32(44)15-16-33(43)45)23-41(17-9-19-60(51,52)53)35(28)39-30(37)11-7-6-8-12-31-38(3,4)27-22-26(59(48,49)50)13-14-29(27)42(31)18-10-20-61(54,55)56/h6-8,11-16,21-23H,9-10,17-20,24H2,1-5H3,(H5-,44,45,48,49,50,51,52,53,54,55,56)/p+1. The van der Waals surface area contributed by atoms with E-state index in [1.807, 2.05) is 32.6 Å². The van der Waals surface area contributed by atoms with Gasteiger partial charge >= 0.3 is 19.4 Å². The summed E-state index contributed by atoms with van der Waals surface area (Å²) in [6.45, 7) is 6.88. The minimum atomic E-state index is -4.58. The van der Waals surface area contributed by atoms with E-state index in [-0.39, 0.29) is 36.8 Å². The van der Waals surface area contributed by atoms with E-state index in [9.17, 15) is 60.1 Å². The first-order valence-corrected chi connectivity index (χ1v) is 23.4. The highest BCUT2D eigenvalue weighted by molar-refractivity contribution is 7.86. The zero-order valence-electron chi connectivity index (χ0n) is 33.7. The van der Waals surface area contributed by atoms with Gasteiger partial charge in [0.05, 0.1) is 39.9 Å². The van der Waals surface area contributed by atoms with Crippen LogP contribution in [0.5, 0.6) is 11.8 Å². The number of hydroxylamine groups is 2. The molecule has 0 spiro atoms. The Balaban J connectivity index is 1.39. The lowest BCUT2D eigenvalue weighted by Crippen LogP contribution is -2.39. The number of pyridine rings is 1. The smallest absolute Gasteiger partial charge is 0.361 e. The first kappa shape index (κ1) is 46.9. The number of carbonyl (C=O) groups excluding carboxylic acids is 2. The fourth-order valence-corrected chi connectivity index (χ4v) is 8.48. The van der Waals surface area contributed by atoms with Gasteiger partial charge in [-0.1, -0.05) is 32.1 Å². The monoisotopic (exact) mass is 908 g/mol. The summed E-state index contributed by atoms with van der Waals surface area (Å²) in [6, 6.07) is 8.10. The van der Waals surface area contributed by atoms with E-state index >= 15 is 0 Å². The van der Waals surface area contributed by atoms with Crippen molar-refractivity contribution in [3.8, 4) is 11.8 Å². The lowest BCUT2D eigenvalue weighted by molar-refractivity contribution is -0.684. The van der Waals surface area contributed by atoms with Crippen molar-refractivity contribution < 1.29 is 74.3 Å². The highest BCUT2D eigenvalue weighted by atomic mass is 32.2. The van der Waals surface area contributed by atoms with Gasteiger partial charge in [0.1, 0.15) is 6.20 Å². The molecule has 0 saturated carbocycles. The molecular formula is C38H47N5O15PS2+. The van der Waals surface area contributed by atoms with E-state index in [4.69, 9.17) is 14.7 Å². The second-order valence-corrected chi connectivity index (χ2v) is 20.0. The van der Waals surface area contributed by atoms with Gasteiger partial charge in [-0.2, -0.15) is 16.8 Å². The van der Waals surface area contributed by atoms with E-state index in [0.29, 0.717) is 38.8 Å². The van der Waals surface area contributed by atoms with Crippen molar-refractivity contribution in [3.05, 3.63) is 95.4 Å². The number of aliphatic imine (C=N–C) groups is 1. The Labute approximate surface area is 351 Å². The van der Waals surface area contributed by atoms with Gasteiger partial charge in [0, 0.05) is 48.9 Å². The van der Waals surface area contributed by atoms with Crippen molar-refractivity contribution in [1.82, 2.24) is 9.79 Å². The average molecular weight is 909 g/mol. The summed E-state index contributed by atoms with van der Waals surface area (Å²) in [5.74, 6) is -3.50. The van der Waals surface area contributed by atoms with Crippen LogP contribution in [-0.2, 0) is 51.8 Å². The van der Waals surface area contributed by atoms with Crippen LogP contribution >= 0.6 is 7.60 Å². The number of fused-ring (bicyclic) bond motifs is 2. The summed E-state index contributed by atoms with van der Waals surface area (Å²) in [7, 11) is -11.9. The largest absolute Gasteiger partial charge is 0.492 e. The fraction of sp³-hybridized carbons (Fsp3) is 0.368. The zero-order chi connectivity index (χ0) is 45.3. The third-order valence-corrected chi connectivity index (χ3v) is 12.6. The van der Waals surface area contributed by atoms with Crippen LogP contribution < -0.4 is 19.6 Å². The topological polar surface area (TPSA) is 287 Å². The number of hydrogen-bond acceptors (Lipinski definition) is 13. The molecule has 0 unspecified atom stereocenters. The Morgan fingerprint density at radius 1 is 0.902 bits per heavy atom. The van der Waals surface area contributed by atoms with Crippen LogP contribution in [0.4, 0.5) is 11.5 Å². The van der Waals surface area contributed by atoms with E-state index in [1.165, 1.54) is 25.4 Å². The molecule has 1 aromatic carbocycles. The third-order valence-electron chi connectivity index (χ3n) is 10.1. The average Bonchev–Trinajstić information content (AvgIpc) is 3.68. The molecule has 3 aromatic rings. The summed E-state index contributed by atoms with van der Waals surface area (Å²) in [5.41, 5.74) is 1.58. The molecule has 0 aliphatic carbocycles. The molecule has 23 heteroatoms. The number of benzene rings is 1. The van der Waals surface area contributed by atoms with Gasteiger partial charge < -0.3 is 29.7 Å². The number of allylic oxidation sites excluding steroid dienone is 6. The molecule has 0 atom stereocenters. The lowest BCUT2D eigenvalue weighted by atomic mass is 9.81. The molecule has 2 aliphatic rings. The zero-order valence-corrected chi connectivity index (χ0v) is 36.3. The Kier molecular flexibility index (Phi) is 13.6. The van der Waals surface area contributed by atoms with Gasteiger partial charge in [-0.15, -0.1) is 4.73 Å². The summed E-state index contributed by atoms with van der Waals surface area (Å²) >= 11 is 0. The number of hydrogen-bond donors (Lipinski definition) is 6. The minimum Gasteiger partial charge on any atom is -0.492 e. The van der Waals surface area contributed by atoms with Crippen molar-refractivity contribution in [2.45, 2.75) is 57.9 Å². The second-order valence-electron chi connectivity index (χ2n) is 15.3. The van der Waals surface area contributed by atoms with Gasteiger partial charge in [0.15, 0.2) is 12.3 Å². The number of carbonyl (C=O) groups is 2. The Hall–Kier alpha value is -5.19. The van der Waals surface area contributed by atoms with Crippen LogP contribution in [0, 0.1) is 0 Å². The number of amides is 1. The number of aromatic nitrogens is 2. The normalized spacial score (nSPS) is 16.6. The van der Waals surface area contributed by atoms with Crippen molar-refractivity contribution in [2.24, 2.45) is 4.99 Å². The van der Waals surface area contributed by atoms with Crippen molar-refractivity contribution in [1.29, 1.82) is 0 Å². The minimum absolute atomic E-state index is 0.0304. The van der Waals surface area contributed by atoms with Gasteiger partial charge in [0.25, 0.3) is 26.1 Å². The summed E-state index contributed by atoms with van der Waals surface area (Å²) in [5, 5.41) is 20.0. The summed E-state index contributed by atoms with van der Waals surface area (Å²) in [4.78, 5) is 62.4. The van der Waals surface area contributed by atoms with Crippen molar-refractivity contribution >= 4 is 62.2 Å². The first-order valence-electron chi connectivity index (χ1n) is 18.5. The molecule has 4 heterocycles. The number of rotatable bonds is 17. The Bertz CT molecular complexity index is 2610. The maximum atomic E-state index is 13.6. The van der Waals surface area contributed by atoms with E-state index in [2.05, 4.69) is 0 Å². The van der Waals surface area contributed by atoms with E-state index in [1.54, 1.807) is 47.1 Å². The first-order chi connectivity index (χ1) is 28.2. The van der Waals surface area contributed by atoms with Crippen LogP contribution in [0.3, 0.4) is 0 Å². The van der Waals surface area contributed by atoms with Gasteiger partial charge in [-0.05, 0) is 67.2 Å². The number of nitrogens with zero attached hydrogens (tertiary/aromatic N) is 5.